The molecule has 96 valence electrons. The zero-order valence-corrected chi connectivity index (χ0v) is 11.0. The molecule has 3 heteroatoms. The molecule has 0 amide bonds. The van der Waals surface area contributed by atoms with E-state index in [0.717, 1.165) is 38.3 Å². The summed E-state index contributed by atoms with van der Waals surface area (Å²) in [5.41, 5.74) is 6.77. The molecule has 0 aliphatic rings. The minimum atomic E-state index is 0.784. The molecule has 0 heterocycles. The molecule has 0 spiro atoms. The highest BCUT2D eigenvalue weighted by atomic mass is 16.5. The standard InChI is InChI=1S/C14H24N2O/c1-3-16(11-7-6-10-15)12-13-8-4-5-9-14(13)17-2/h4-5,8-9H,3,6-7,10-12,15H2,1-2H3. The molecule has 0 fully saturated rings. The van der Waals surface area contributed by atoms with E-state index in [1.165, 1.54) is 12.0 Å². The second-order valence-corrected chi connectivity index (χ2v) is 4.18. The van der Waals surface area contributed by atoms with Crippen LogP contribution in [0.2, 0.25) is 0 Å². The summed E-state index contributed by atoms with van der Waals surface area (Å²) in [5.74, 6) is 0.977. The summed E-state index contributed by atoms with van der Waals surface area (Å²) < 4.78 is 5.37. The third-order valence-corrected chi connectivity index (χ3v) is 2.96. The molecule has 1 aromatic carbocycles. The van der Waals surface area contributed by atoms with E-state index in [1.807, 2.05) is 12.1 Å². The molecule has 2 N–H and O–H groups in total. The number of nitrogens with zero attached hydrogens (tertiary/aromatic N) is 1. The number of hydrogen-bond acceptors (Lipinski definition) is 3. The monoisotopic (exact) mass is 236 g/mol. The van der Waals surface area contributed by atoms with Crippen LogP contribution in [0, 0.1) is 0 Å². The molecule has 0 radical (unpaired) electrons. The van der Waals surface area contributed by atoms with Gasteiger partial charge in [-0.15, -0.1) is 0 Å². The molecule has 17 heavy (non-hydrogen) atoms. The topological polar surface area (TPSA) is 38.5 Å². The van der Waals surface area contributed by atoms with Crippen LogP contribution in [0.4, 0.5) is 0 Å². The Labute approximate surface area is 105 Å². The summed E-state index contributed by atoms with van der Waals surface area (Å²) in [6, 6.07) is 8.21. The molecule has 0 bridgehead atoms. The summed E-state index contributed by atoms with van der Waals surface area (Å²) in [6.07, 6.45) is 2.27. The molecule has 3 nitrogen and oxygen atoms in total. The molecule has 0 aromatic heterocycles. The largest absolute Gasteiger partial charge is 0.496 e. The molecule has 1 aromatic rings. The number of methoxy groups -OCH3 is 1. The highest BCUT2D eigenvalue weighted by Gasteiger charge is 2.07. The molecule has 0 aliphatic heterocycles. The van der Waals surface area contributed by atoms with Gasteiger partial charge in [-0.2, -0.15) is 0 Å². The number of nitrogens with two attached hydrogens (primary N) is 1. The van der Waals surface area contributed by atoms with Gasteiger partial charge in [0.25, 0.3) is 0 Å². The van der Waals surface area contributed by atoms with Crippen LogP contribution in [0.15, 0.2) is 24.3 Å². The van der Waals surface area contributed by atoms with E-state index in [-0.39, 0.29) is 0 Å². The van der Waals surface area contributed by atoms with Gasteiger partial charge in [0.1, 0.15) is 5.75 Å². The van der Waals surface area contributed by atoms with Gasteiger partial charge in [-0.1, -0.05) is 25.1 Å². The van der Waals surface area contributed by atoms with Gasteiger partial charge < -0.3 is 10.5 Å². The Morgan fingerprint density at radius 2 is 2.00 bits per heavy atom. The van der Waals surface area contributed by atoms with Crippen molar-refractivity contribution in [2.75, 3.05) is 26.7 Å². The summed E-state index contributed by atoms with van der Waals surface area (Å²) in [7, 11) is 1.73. The van der Waals surface area contributed by atoms with Crippen molar-refractivity contribution in [1.82, 2.24) is 4.90 Å². The van der Waals surface area contributed by atoms with Gasteiger partial charge in [-0.05, 0) is 38.5 Å². The van der Waals surface area contributed by atoms with Gasteiger partial charge in [0.15, 0.2) is 0 Å². The van der Waals surface area contributed by atoms with Gasteiger partial charge in [-0.3, -0.25) is 4.90 Å². The number of ether oxygens (including phenoxy) is 1. The highest BCUT2D eigenvalue weighted by molar-refractivity contribution is 5.33. The summed E-state index contributed by atoms with van der Waals surface area (Å²) in [6.45, 7) is 6.09. The van der Waals surface area contributed by atoms with Crippen molar-refractivity contribution >= 4 is 0 Å². The second-order valence-electron chi connectivity index (χ2n) is 4.18. The van der Waals surface area contributed by atoms with E-state index in [9.17, 15) is 0 Å². The summed E-state index contributed by atoms with van der Waals surface area (Å²) in [5, 5.41) is 0. The molecule has 0 atom stereocenters. The van der Waals surface area contributed by atoms with Crippen LogP contribution in [0.5, 0.6) is 5.75 Å². The average Bonchev–Trinajstić information content (AvgIpc) is 2.38. The molecule has 0 saturated heterocycles. The quantitative estimate of drug-likeness (QED) is 0.704. The van der Waals surface area contributed by atoms with Crippen LogP contribution in [0.1, 0.15) is 25.3 Å². The number of benzene rings is 1. The van der Waals surface area contributed by atoms with Crippen LogP contribution in [0.3, 0.4) is 0 Å². The maximum absolute atomic E-state index is 5.52. The zero-order chi connectivity index (χ0) is 12.5. The van der Waals surface area contributed by atoms with Crippen LogP contribution >= 0.6 is 0 Å². The first-order chi connectivity index (χ1) is 8.31. The predicted octanol–water partition coefficient (Wildman–Crippen LogP) is 2.26. The minimum absolute atomic E-state index is 0.784. The van der Waals surface area contributed by atoms with Crippen molar-refractivity contribution in [2.24, 2.45) is 5.73 Å². The maximum atomic E-state index is 5.52. The van der Waals surface area contributed by atoms with E-state index in [0.29, 0.717) is 0 Å². The zero-order valence-electron chi connectivity index (χ0n) is 11.0. The van der Waals surface area contributed by atoms with E-state index >= 15 is 0 Å². The Kier molecular flexibility index (Phi) is 6.67. The van der Waals surface area contributed by atoms with Crippen molar-refractivity contribution in [3.63, 3.8) is 0 Å². The van der Waals surface area contributed by atoms with Crippen molar-refractivity contribution in [1.29, 1.82) is 0 Å². The SMILES string of the molecule is CCN(CCCCN)Cc1ccccc1OC. The first kappa shape index (κ1) is 14.0. The third-order valence-electron chi connectivity index (χ3n) is 2.96. The Morgan fingerprint density at radius 1 is 1.24 bits per heavy atom. The Balaban J connectivity index is 2.54. The molecule has 1 rings (SSSR count). The third kappa shape index (κ3) is 4.75. The fourth-order valence-corrected chi connectivity index (χ4v) is 1.90. The van der Waals surface area contributed by atoms with Crippen LogP contribution in [-0.4, -0.2) is 31.6 Å². The molecule has 0 aliphatic carbocycles. The highest BCUT2D eigenvalue weighted by Crippen LogP contribution is 2.19. The van der Waals surface area contributed by atoms with Gasteiger partial charge in [0.2, 0.25) is 0 Å². The lowest BCUT2D eigenvalue weighted by molar-refractivity contribution is 0.269. The van der Waals surface area contributed by atoms with Gasteiger partial charge in [0.05, 0.1) is 7.11 Å². The van der Waals surface area contributed by atoms with Crippen molar-refractivity contribution in [3.8, 4) is 5.75 Å². The number of unbranched alkanes of at least 4 members (excludes halogenated alkanes) is 1. The van der Waals surface area contributed by atoms with E-state index < -0.39 is 0 Å². The fourth-order valence-electron chi connectivity index (χ4n) is 1.90. The smallest absolute Gasteiger partial charge is 0.123 e. The first-order valence-electron chi connectivity index (χ1n) is 6.36. The van der Waals surface area contributed by atoms with Crippen LogP contribution < -0.4 is 10.5 Å². The Morgan fingerprint density at radius 3 is 2.65 bits per heavy atom. The predicted molar refractivity (Wildman–Crippen MR) is 72.2 cm³/mol. The van der Waals surface area contributed by atoms with E-state index in [1.54, 1.807) is 7.11 Å². The van der Waals surface area contributed by atoms with Crippen LogP contribution in [0.25, 0.3) is 0 Å². The van der Waals surface area contributed by atoms with E-state index in [4.69, 9.17) is 10.5 Å². The first-order valence-corrected chi connectivity index (χ1v) is 6.36. The average molecular weight is 236 g/mol. The summed E-state index contributed by atoms with van der Waals surface area (Å²) in [4.78, 5) is 2.42. The molecular formula is C14H24N2O. The minimum Gasteiger partial charge on any atom is -0.496 e. The number of hydrogen-bond donors (Lipinski definition) is 1. The van der Waals surface area contributed by atoms with Crippen molar-refractivity contribution < 1.29 is 4.74 Å². The van der Waals surface area contributed by atoms with E-state index in [2.05, 4.69) is 24.0 Å². The van der Waals surface area contributed by atoms with Crippen LogP contribution in [-0.2, 0) is 6.54 Å². The van der Waals surface area contributed by atoms with Gasteiger partial charge >= 0.3 is 0 Å². The molecular weight excluding hydrogens is 212 g/mol. The molecule has 0 unspecified atom stereocenters. The molecule has 0 saturated carbocycles. The normalized spacial score (nSPS) is 10.8. The number of para-hydroxylation sites is 1. The Hall–Kier alpha value is -1.06. The van der Waals surface area contributed by atoms with Gasteiger partial charge in [-0.25, -0.2) is 0 Å². The lowest BCUT2D eigenvalue weighted by Crippen LogP contribution is -2.24. The maximum Gasteiger partial charge on any atom is 0.123 e. The lowest BCUT2D eigenvalue weighted by atomic mass is 10.1. The Bertz CT molecular complexity index is 315. The summed E-state index contributed by atoms with van der Waals surface area (Å²) >= 11 is 0. The second kappa shape index (κ2) is 8.09. The van der Waals surface area contributed by atoms with Crippen molar-refractivity contribution in [2.45, 2.75) is 26.3 Å². The number of rotatable bonds is 8. The van der Waals surface area contributed by atoms with Gasteiger partial charge in [0, 0.05) is 12.1 Å². The lowest BCUT2D eigenvalue weighted by Gasteiger charge is -2.21. The fraction of sp³-hybridized carbons (Fsp3) is 0.571. The van der Waals surface area contributed by atoms with Crippen molar-refractivity contribution in [3.05, 3.63) is 29.8 Å².